The van der Waals surface area contributed by atoms with Crippen LogP contribution in [0.5, 0.6) is 0 Å². The fraction of sp³-hybridized carbons (Fsp3) is 0.0833. The van der Waals surface area contributed by atoms with E-state index >= 15 is 0 Å². The summed E-state index contributed by atoms with van der Waals surface area (Å²) in [6.45, 7) is 1.95. The van der Waals surface area contributed by atoms with Gasteiger partial charge in [-0.1, -0.05) is 23.2 Å². The first kappa shape index (κ1) is 13.1. The highest BCUT2D eigenvalue weighted by Gasteiger charge is 2.16. The first-order valence-corrected chi connectivity index (χ1v) is 7.11. The van der Waals surface area contributed by atoms with Crippen molar-refractivity contribution in [3.8, 4) is 0 Å². The third-order valence-corrected chi connectivity index (χ3v) is 4.95. The molecule has 0 bridgehead atoms. The highest BCUT2D eigenvalue weighted by Crippen LogP contribution is 2.30. The standard InChI is InChI=1S/C12H7BrCl2OS/c1-6-9(13)5-11(17-6)12(16)8-4-7(14)2-3-10(8)15/h2-5H,1H3. The Balaban J connectivity index is 2.47. The van der Waals surface area contributed by atoms with Crippen LogP contribution < -0.4 is 0 Å². The van der Waals surface area contributed by atoms with E-state index in [4.69, 9.17) is 23.2 Å². The average molecular weight is 350 g/mol. The van der Waals surface area contributed by atoms with Crippen molar-refractivity contribution in [1.82, 2.24) is 0 Å². The zero-order chi connectivity index (χ0) is 12.6. The minimum absolute atomic E-state index is 0.101. The molecule has 5 heteroatoms. The molecule has 0 unspecified atom stereocenters. The Hall–Kier alpha value is -0.350. The molecule has 0 saturated heterocycles. The Bertz CT molecular complexity index is 573. The van der Waals surface area contributed by atoms with Crippen molar-refractivity contribution in [3.63, 3.8) is 0 Å². The van der Waals surface area contributed by atoms with E-state index < -0.39 is 0 Å². The molecule has 1 aromatic heterocycles. The quantitative estimate of drug-likeness (QED) is 0.667. The van der Waals surface area contributed by atoms with Gasteiger partial charge in [0, 0.05) is 19.9 Å². The summed E-state index contributed by atoms with van der Waals surface area (Å²) in [6, 6.07) is 6.69. The van der Waals surface area contributed by atoms with E-state index in [0.717, 1.165) is 9.35 Å². The van der Waals surface area contributed by atoms with Gasteiger partial charge in [0.2, 0.25) is 5.78 Å². The Morgan fingerprint density at radius 2 is 2.00 bits per heavy atom. The van der Waals surface area contributed by atoms with Crippen LogP contribution in [-0.2, 0) is 0 Å². The van der Waals surface area contributed by atoms with Gasteiger partial charge >= 0.3 is 0 Å². The van der Waals surface area contributed by atoms with Gasteiger partial charge in [-0.15, -0.1) is 11.3 Å². The highest BCUT2D eigenvalue weighted by atomic mass is 79.9. The molecule has 0 radical (unpaired) electrons. The Kier molecular flexibility index (Phi) is 3.93. The molecule has 0 aliphatic rings. The highest BCUT2D eigenvalue weighted by molar-refractivity contribution is 9.10. The summed E-state index contributed by atoms with van der Waals surface area (Å²) in [4.78, 5) is 13.9. The predicted molar refractivity (Wildman–Crippen MR) is 76.7 cm³/mol. The van der Waals surface area contributed by atoms with Gasteiger partial charge < -0.3 is 0 Å². The zero-order valence-electron chi connectivity index (χ0n) is 8.76. The van der Waals surface area contributed by atoms with Crippen LogP contribution in [-0.4, -0.2) is 5.78 Å². The molecular weight excluding hydrogens is 343 g/mol. The lowest BCUT2D eigenvalue weighted by atomic mass is 10.1. The molecule has 0 amide bonds. The minimum Gasteiger partial charge on any atom is -0.288 e. The molecule has 0 aliphatic carbocycles. The summed E-state index contributed by atoms with van der Waals surface area (Å²) in [5, 5.41) is 0.923. The van der Waals surface area contributed by atoms with Crippen molar-refractivity contribution in [3.05, 3.63) is 54.1 Å². The molecular formula is C12H7BrCl2OS. The zero-order valence-corrected chi connectivity index (χ0v) is 12.7. The normalized spacial score (nSPS) is 10.6. The van der Waals surface area contributed by atoms with Crippen LogP contribution in [0.4, 0.5) is 0 Å². The Morgan fingerprint density at radius 3 is 2.59 bits per heavy atom. The van der Waals surface area contributed by atoms with Crippen LogP contribution in [0.2, 0.25) is 10.0 Å². The lowest BCUT2D eigenvalue weighted by Gasteiger charge is -2.01. The van der Waals surface area contributed by atoms with Gasteiger partial charge in [-0.05, 0) is 47.1 Å². The van der Waals surface area contributed by atoms with Crippen molar-refractivity contribution in [2.45, 2.75) is 6.92 Å². The number of aryl methyl sites for hydroxylation is 1. The van der Waals surface area contributed by atoms with Gasteiger partial charge in [0.05, 0.1) is 9.90 Å². The maximum absolute atomic E-state index is 12.2. The van der Waals surface area contributed by atoms with Crippen LogP contribution in [0.3, 0.4) is 0 Å². The van der Waals surface area contributed by atoms with E-state index in [-0.39, 0.29) is 5.78 Å². The topological polar surface area (TPSA) is 17.1 Å². The maximum Gasteiger partial charge on any atom is 0.204 e. The molecule has 1 heterocycles. The Labute approximate surface area is 121 Å². The number of carbonyl (C=O) groups excluding carboxylic acids is 1. The molecule has 0 atom stereocenters. The average Bonchev–Trinajstić information content (AvgIpc) is 2.62. The van der Waals surface area contributed by atoms with Gasteiger partial charge in [0.25, 0.3) is 0 Å². The number of carbonyl (C=O) groups is 1. The smallest absolute Gasteiger partial charge is 0.204 e. The van der Waals surface area contributed by atoms with Crippen LogP contribution in [0.25, 0.3) is 0 Å². The Morgan fingerprint density at radius 1 is 1.29 bits per heavy atom. The largest absolute Gasteiger partial charge is 0.288 e. The molecule has 0 spiro atoms. The molecule has 2 aromatic rings. The van der Waals surface area contributed by atoms with E-state index in [1.54, 1.807) is 24.3 Å². The van der Waals surface area contributed by atoms with Crippen molar-refractivity contribution in [1.29, 1.82) is 0 Å². The van der Waals surface area contributed by atoms with Crippen LogP contribution >= 0.6 is 50.5 Å². The third kappa shape index (κ3) is 2.74. The summed E-state index contributed by atoms with van der Waals surface area (Å²) >= 11 is 16.7. The summed E-state index contributed by atoms with van der Waals surface area (Å²) in [7, 11) is 0. The molecule has 2 rings (SSSR count). The second-order valence-corrected chi connectivity index (χ2v) is 6.42. The van der Waals surface area contributed by atoms with E-state index in [1.807, 2.05) is 6.92 Å². The number of thiophene rings is 1. The fourth-order valence-corrected chi connectivity index (χ4v) is 3.24. The van der Waals surface area contributed by atoms with Crippen LogP contribution in [0, 0.1) is 6.92 Å². The first-order chi connectivity index (χ1) is 7.99. The molecule has 1 aromatic carbocycles. The number of hydrogen-bond acceptors (Lipinski definition) is 2. The predicted octanol–water partition coefficient (Wildman–Crippen LogP) is 5.36. The lowest BCUT2D eigenvalue weighted by molar-refractivity contribution is 0.104. The van der Waals surface area contributed by atoms with E-state index in [9.17, 15) is 4.79 Å². The maximum atomic E-state index is 12.2. The number of rotatable bonds is 2. The van der Waals surface area contributed by atoms with E-state index in [0.29, 0.717) is 20.5 Å². The molecule has 0 N–H and O–H groups in total. The first-order valence-electron chi connectivity index (χ1n) is 4.74. The number of hydrogen-bond donors (Lipinski definition) is 0. The van der Waals surface area contributed by atoms with E-state index in [2.05, 4.69) is 15.9 Å². The third-order valence-electron chi connectivity index (χ3n) is 2.25. The lowest BCUT2D eigenvalue weighted by Crippen LogP contribution is -1.99. The summed E-state index contributed by atoms with van der Waals surface area (Å²) in [6.07, 6.45) is 0. The van der Waals surface area contributed by atoms with Gasteiger partial charge in [-0.3, -0.25) is 4.79 Å². The summed E-state index contributed by atoms with van der Waals surface area (Å²) in [5.74, 6) is -0.101. The van der Waals surface area contributed by atoms with Crippen molar-refractivity contribution in [2.24, 2.45) is 0 Å². The summed E-state index contributed by atoms with van der Waals surface area (Å²) < 4.78 is 0.934. The number of halogens is 3. The van der Waals surface area contributed by atoms with Crippen molar-refractivity contribution < 1.29 is 4.79 Å². The van der Waals surface area contributed by atoms with Crippen LogP contribution in [0.1, 0.15) is 20.1 Å². The second kappa shape index (κ2) is 5.11. The van der Waals surface area contributed by atoms with Gasteiger partial charge in [-0.25, -0.2) is 0 Å². The van der Waals surface area contributed by atoms with Gasteiger partial charge in [0.1, 0.15) is 0 Å². The van der Waals surface area contributed by atoms with Crippen molar-refractivity contribution in [2.75, 3.05) is 0 Å². The second-order valence-electron chi connectivity index (χ2n) is 3.47. The SMILES string of the molecule is Cc1sc(C(=O)c2cc(Cl)ccc2Cl)cc1Br. The van der Waals surface area contributed by atoms with Crippen LogP contribution in [0.15, 0.2) is 28.7 Å². The van der Waals surface area contributed by atoms with Crippen molar-refractivity contribution >= 4 is 56.3 Å². The molecule has 1 nitrogen and oxygen atoms in total. The van der Waals surface area contributed by atoms with Gasteiger partial charge in [-0.2, -0.15) is 0 Å². The monoisotopic (exact) mass is 348 g/mol. The minimum atomic E-state index is -0.101. The molecule has 17 heavy (non-hydrogen) atoms. The summed E-state index contributed by atoms with van der Waals surface area (Å²) in [5.41, 5.74) is 0.438. The fourth-order valence-electron chi connectivity index (χ4n) is 1.38. The molecule has 0 saturated carbocycles. The number of benzene rings is 1. The molecule has 0 aliphatic heterocycles. The van der Waals surface area contributed by atoms with Gasteiger partial charge in [0.15, 0.2) is 0 Å². The molecule has 0 fully saturated rings. The number of ketones is 1. The molecule has 88 valence electrons. The van der Waals surface area contributed by atoms with E-state index in [1.165, 1.54) is 11.3 Å².